The van der Waals surface area contributed by atoms with Crippen LogP contribution in [0.5, 0.6) is 0 Å². The van der Waals surface area contributed by atoms with Gasteiger partial charge in [0.2, 0.25) is 5.95 Å². The molecule has 0 radical (unpaired) electrons. The average Bonchev–Trinajstić information content (AvgIpc) is 2.59. The van der Waals surface area contributed by atoms with Gasteiger partial charge in [0, 0.05) is 22.0 Å². The Kier molecular flexibility index (Phi) is 3.48. The van der Waals surface area contributed by atoms with Crippen molar-refractivity contribution in [2.45, 2.75) is 20.4 Å². The Bertz CT molecular complexity index is 491. The maximum Gasteiger partial charge on any atom is 0.207 e. The highest BCUT2D eigenvalue weighted by atomic mass is 127. The molecule has 0 spiro atoms. The van der Waals surface area contributed by atoms with E-state index in [0.717, 1.165) is 23.9 Å². The number of nitrogens with zero attached hydrogens (tertiary/aromatic N) is 2. The zero-order valence-corrected chi connectivity index (χ0v) is 11.5. The molecular formula is C12H14IN3. The molecule has 0 unspecified atom stereocenters. The van der Waals surface area contributed by atoms with Crippen LogP contribution in [0.3, 0.4) is 0 Å². The molecule has 0 saturated heterocycles. The molecule has 0 atom stereocenters. The molecule has 4 heteroatoms. The Morgan fingerprint density at radius 2 is 2.25 bits per heavy atom. The number of anilines is 2. The maximum absolute atomic E-state index is 4.46. The van der Waals surface area contributed by atoms with E-state index in [1.165, 1.54) is 3.57 Å². The van der Waals surface area contributed by atoms with Crippen LogP contribution in [-0.2, 0) is 6.54 Å². The summed E-state index contributed by atoms with van der Waals surface area (Å²) in [6, 6.07) is 8.26. The number of hydrogen-bond acceptors (Lipinski definition) is 2. The zero-order chi connectivity index (χ0) is 11.5. The SMILES string of the molecule is CCn1cc(C)nc1Nc1cccc(I)c1. The fourth-order valence-corrected chi connectivity index (χ4v) is 2.13. The van der Waals surface area contributed by atoms with Gasteiger partial charge < -0.3 is 9.88 Å². The van der Waals surface area contributed by atoms with Crippen LogP contribution in [0.25, 0.3) is 0 Å². The molecule has 0 aliphatic heterocycles. The van der Waals surface area contributed by atoms with E-state index >= 15 is 0 Å². The Hall–Kier alpha value is -1.04. The van der Waals surface area contributed by atoms with Gasteiger partial charge in [-0.1, -0.05) is 6.07 Å². The van der Waals surface area contributed by atoms with Gasteiger partial charge in [-0.3, -0.25) is 0 Å². The molecule has 0 aliphatic rings. The van der Waals surface area contributed by atoms with Crippen LogP contribution in [0.2, 0.25) is 0 Å². The van der Waals surface area contributed by atoms with Crippen molar-refractivity contribution in [3.05, 3.63) is 39.7 Å². The molecule has 1 heterocycles. The van der Waals surface area contributed by atoms with Crippen molar-refractivity contribution in [3.8, 4) is 0 Å². The van der Waals surface area contributed by atoms with E-state index in [1.54, 1.807) is 0 Å². The molecule has 84 valence electrons. The summed E-state index contributed by atoms with van der Waals surface area (Å²) in [5.74, 6) is 0.905. The lowest BCUT2D eigenvalue weighted by atomic mass is 10.3. The smallest absolute Gasteiger partial charge is 0.207 e. The molecule has 0 aliphatic carbocycles. The third-order valence-electron chi connectivity index (χ3n) is 2.32. The molecule has 3 nitrogen and oxygen atoms in total. The second-order valence-corrected chi connectivity index (χ2v) is 4.87. The number of aryl methyl sites for hydroxylation is 2. The second-order valence-electron chi connectivity index (χ2n) is 3.63. The number of rotatable bonds is 3. The predicted octanol–water partition coefficient (Wildman–Crippen LogP) is 3.56. The van der Waals surface area contributed by atoms with Crippen LogP contribution in [-0.4, -0.2) is 9.55 Å². The van der Waals surface area contributed by atoms with E-state index in [9.17, 15) is 0 Å². The molecule has 0 saturated carbocycles. The van der Waals surface area contributed by atoms with Crippen molar-refractivity contribution >= 4 is 34.2 Å². The monoisotopic (exact) mass is 327 g/mol. The quantitative estimate of drug-likeness (QED) is 0.874. The van der Waals surface area contributed by atoms with Gasteiger partial charge in [-0.2, -0.15) is 0 Å². The van der Waals surface area contributed by atoms with Crippen molar-refractivity contribution in [1.29, 1.82) is 0 Å². The first kappa shape index (κ1) is 11.4. The van der Waals surface area contributed by atoms with Crippen LogP contribution in [0.15, 0.2) is 30.5 Å². The van der Waals surface area contributed by atoms with E-state index in [1.807, 2.05) is 19.1 Å². The van der Waals surface area contributed by atoms with E-state index in [-0.39, 0.29) is 0 Å². The van der Waals surface area contributed by atoms with Crippen molar-refractivity contribution in [3.63, 3.8) is 0 Å². The maximum atomic E-state index is 4.46. The van der Waals surface area contributed by atoms with Gasteiger partial charge in [0.1, 0.15) is 0 Å². The van der Waals surface area contributed by atoms with E-state index in [4.69, 9.17) is 0 Å². The number of aromatic nitrogens is 2. The Balaban J connectivity index is 2.26. The first-order valence-corrected chi connectivity index (χ1v) is 6.33. The van der Waals surface area contributed by atoms with Gasteiger partial charge in [-0.05, 0) is 54.6 Å². The Labute approximate surface area is 109 Å². The van der Waals surface area contributed by atoms with Crippen LogP contribution < -0.4 is 5.32 Å². The van der Waals surface area contributed by atoms with E-state index < -0.39 is 0 Å². The lowest BCUT2D eigenvalue weighted by Crippen LogP contribution is -2.01. The normalized spacial score (nSPS) is 10.4. The summed E-state index contributed by atoms with van der Waals surface area (Å²) in [7, 11) is 0. The molecule has 16 heavy (non-hydrogen) atoms. The summed E-state index contributed by atoms with van der Waals surface area (Å²) in [6.07, 6.45) is 2.05. The minimum absolute atomic E-state index is 0.905. The van der Waals surface area contributed by atoms with Crippen LogP contribution in [0, 0.1) is 10.5 Å². The molecule has 1 aromatic carbocycles. The van der Waals surface area contributed by atoms with Crippen molar-refractivity contribution in [2.75, 3.05) is 5.32 Å². The summed E-state index contributed by atoms with van der Waals surface area (Å²) in [4.78, 5) is 4.46. The van der Waals surface area contributed by atoms with Gasteiger partial charge in [-0.15, -0.1) is 0 Å². The first-order chi connectivity index (χ1) is 7.69. The summed E-state index contributed by atoms with van der Waals surface area (Å²) < 4.78 is 3.32. The van der Waals surface area contributed by atoms with Crippen molar-refractivity contribution in [1.82, 2.24) is 9.55 Å². The fourth-order valence-electron chi connectivity index (χ4n) is 1.58. The minimum Gasteiger partial charge on any atom is -0.326 e. The van der Waals surface area contributed by atoms with E-state index in [0.29, 0.717) is 0 Å². The predicted molar refractivity (Wildman–Crippen MR) is 75.1 cm³/mol. The van der Waals surface area contributed by atoms with Crippen LogP contribution >= 0.6 is 22.6 Å². The number of hydrogen-bond donors (Lipinski definition) is 1. The minimum atomic E-state index is 0.905. The Morgan fingerprint density at radius 3 is 2.94 bits per heavy atom. The highest BCUT2D eigenvalue weighted by Crippen LogP contribution is 2.18. The first-order valence-electron chi connectivity index (χ1n) is 5.25. The zero-order valence-electron chi connectivity index (χ0n) is 9.37. The van der Waals surface area contributed by atoms with Gasteiger partial charge in [-0.25, -0.2) is 4.98 Å². The average molecular weight is 327 g/mol. The van der Waals surface area contributed by atoms with Crippen molar-refractivity contribution in [2.24, 2.45) is 0 Å². The molecule has 0 bridgehead atoms. The lowest BCUT2D eigenvalue weighted by molar-refractivity contribution is 0.771. The van der Waals surface area contributed by atoms with Gasteiger partial charge >= 0.3 is 0 Å². The standard InChI is InChI=1S/C12H14IN3/c1-3-16-8-9(2)14-12(16)15-11-6-4-5-10(13)7-11/h4-8H,3H2,1-2H3,(H,14,15). The summed E-state index contributed by atoms with van der Waals surface area (Å²) in [6.45, 7) is 5.04. The molecule has 1 aromatic heterocycles. The number of nitrogens with one attached hydrogen (secondary N) is 1. The molecule has 0 amide bonds. The molecule has 1 N–H and O–H groups in total. The Morgan fingerprint density at radius 1 is 1.44 bits per heavy atom. The largest absolute Gasteiger partial charge is 0.326 e. The number of imidazole rings is 1. The molecule has 2 rings (SSSR count). The van der Waals surface area contributed by atoms with E-state index in [2.05, 4.69) is 62.7 Å². The van der Waals surface area contributed by atoms with Gasteiger partial charge in [0.25, 0.3) is 0 Å². The number of benzene rings is 1. The summed E-state index contributed by atoms with van der Waals surface area (Å²) in [5, 5.41) is 3.33. The highest BCUT2D eigenvalue weighted by Gasteiger charge is 2.04. The van der Waals surface area contributed by atoms with Crippen LogP contribution in [0.4, 0.5) is 11.6 Å². The molecule has 2 aromatic rings. The third-order valence-corrected chi connectivity index (χ3v) is 2.99. The lowest BCUT2D eigenvalue weighted by Gasteiger charge is -2.07. The topological polar surface area (TPSA) is 29.9 Å². The summed E-state index contributed by atoms with van der Waals surface area (Å²) >= 11 is 2.30. The van der Waals surface area contributed by atoms with Crippen molar-refractivity contribution < 1.29 is 0 Å². The molecular weight excluding hydrogens is 313 g/mol. The van der Waals surface area contributed by atoms with Gasteiger partial charge in [0.15, 0.2) is 0 Å². The third kappa shape index (κ3) is 2.55. The van der Waals surface area contributed by atoms with Gasteiger partial charge in [0.05, 0.1) is 5.69 Å². The second kappa shape index (κ2) is 4.86. The van der Waals surface area contributed by atoms with Crippen LogP contribution in [0.1, 0.15) is 12.6 Å². The molecule has 0 fully saturated rings. The fraction of sp³-hybridized carbons (Fsp3) is 0.250. The number of halogens is 1. The summed E-state index contributed by atoms with van der Waals surface area (Å²) in [5.41, 5.74) is 2.11. The highest BCUT2D eigenvalue weighted by molar-refractivity contribution is 14.1.